The van der Waals surface area contributed by atoms with E-state index >= 15 is 0 Å². The molecule has 0 aliphatic heterocycles. The first-order chi connectivity index (χ1) is 7.31. The Hall–Kier alpha value is -1.13. The van der Waals surface area contributed by atoms with E-state index in [1.807, 2.05) is 18.3 Å². The lowest BCUT2D eigenvalue weighted by Gasteiger charge is -2.03. The van der Waals surface area contributed by atoms with E-state index in [0.29, 0.717) is 5.15 Å². The fourth-order valence-electron chi connectivity index (χ4n) is 1.52. The fraction of sp³-hybridized carbons (Fsp3) is 0.400. The first kappa shape index (κ1) is 10.4. The van der Waals surface area contributed by atoms with E-state index in [9.17, 15) is 0 Å². The van der Waals surface area contributed by atoms with E-state index in [1.165, 1.54) is 0 Å². The van der Waals surface area contributed by atoms with Crippen LogP contribution in [0.15, 0.2) is 18.3 Å². The highest BCUT2D eigenvalue weighted by molar-refractivity contribution is 6.29. The number of halogens is 1. The van der Waals surface area contributed by atoms with Crippen LogP contribution in [0.3, 0.4) is 0 Å². The summed E-state index contributed by atoms with van der Waals surface area (Å²) in [7, 11) is 1.70. The number of methoxy groups -OCH3 is 1. The predicted molar refractivity (Wildman–Crippen MR) is 59.0 cm³/mol. The Kier molecular flexibility index (Phi) is 3.18. The molecule has 5 heteroatoms. The Balaban J connectivity index is 2.21. The summed E-state index contributed by atoms with van der Waals surface area (Å²) in [6.45, 7) is 1.63. The summed E-state index contributed by atoms with van der Waals surface area (Å²) in [5.74, 6) is 0. The molecule has 0 saturated carbocycles. The van der Waals surface area contributed by atoms with Gasteiger partial charge < -0.3 is 9.30 Å². The molecule has 0 spiro atoms. The van der Waals surface area contributed by atoms with Crippen molar-refractivity contribution >= 4 is 22.6 Å². The maximum absolute atomic E-state index is 5.75. The number of aromatic nitrogens is 3. The second-order valence-electron chi connectivity index (χ2n) is 3.30. The molecule has 4 nitrogen and oxygen atoms in total. The van der Waals surface area contributed by atoms with Gasteiger partial charge in [0.15, 0.2) is 10.8 Å². The lowest BCUT2D eigenvalue weighted by Crippen LogP contribution is -2.01. The van der Waals surface area contributed by atoms with Crippen molar-refractivity contribution in [1.29, 1.82) is 0 Å². The summed E-state index contributed by atoms with van der Waals surface area (Å²) in [5, 5.41) is 9.34. The van der Waals surface area contributed by atoms with Crippen molar-refractivity contribution in [2.75, 3.05) is 13.7 Å². The van der Waals surface area contributed by atoms with E-state index in [2.05, 4.69) is 14.8 Å². The average Bonchev–Trinajstić information content (AvgIpc) is 2.61. The van der Waals surface area contributed by atoms with Gasteiger partial charge in [-0.2, -0.15) is 0 Å². The van der Waals surface area contributed by atoms with Crippen LogP contribution < -0.4 is 0 Å². The highest BCUT2D eigenvalue weighted by Gasteiger charge is 2.03. The predicted octanol–water partition coefficient (Wildman–Crippen LogP) is 2.12. The van der Waals surface area contributed by atoms with Gasteiger partial charge in [-0.3, -0.25) is 0 Å². The van der Waals surface area contributed by atoms with Gasteiger partial charge >= 0.3 is 0 Å². The Morgan fingerprint density at radius 1 is 1.47 bits per heavy atom. The second kappa shape index (κ2) is 4.59. The van der Waals surface area contributed by atoms with E-state index < -0.39 is 0 Å². The van der Waals surface area contributed by atoms with Crippen molar-refractivity contribution in [3.8, 4) is 0 Å². The number of aryl methyl sites for hydroxylation is 1. The third-order valence-electron chi connectivity index (χ3n) is 2.23. The monoisotopic (exact) mass is 225 g/mol. The maximum Gasteiger partial charge on any atom is 0.162 e. The summed E-state index contributed by atoms with van der Waals surface area (Å²) < 4.78 is 7.05. The summed E-state index contributed by atoms with van der Waals surface area (Å²) >= 11 is 5.75. The van der Waals surface area contributed by atoms with Gasteiger partial charge in [0, 0.05) is 31.8 Å². The van der Waals surface area contributed by atoms with Gasteiger partial charge in [0.1, 0.15) is 0 Å². The van der Waals surface area contributed by atoms with Crippen LogP contribution in [-0.2, 0) is 11.3 Å². The minimum Gasteiger partial charge on any atom is -0.385 e. The number of ether oxygens (including phenoxy) is 1. The molecule has 2 rings (SSSR count). The Labute approximate surface area is 92.8 Å². The number of hydrogen-bond donors (Lipinski definition) is 0. The molecule has 0 aliphatic rings. The van der Waals surface area contributed by atoms with Crippen LogP contribution in [0.4, 0.5) is 0 Å². The van der Waals surface area contributed by atoms with Crippen LogP contribution in [0.5, 0.6) is 0 Å². The molecule has 2 heterocycles. The van der Waals surface area contributed by atoms with Crippen molar-refractivity contribution in [1.82, 2.24) is 14.8 Å². The van der Waals surface area contributed by atoms with Crippen molar-refractivity contribution in [3.63, 3.8) is 0 Å². The van der Waals surface area contributed by atoms with Gasteiger partial charge in [-0.05, 0) is 18.6 Å². The average molecular weight is 226 g/mol. The number of nitrogens with zero attached hydrogens (tertiary/aromatic N) is 3. The largest absolute Gasteiger partial charge is 0.385 e. The van der Waals surface area contributed by atoms with E-state index in [-0.39, 0.29) is 0 Å². The lowest BCUT2D eigenvalue weighted by atomic mass is 10.4. The fourth-order valence-corrected chi connectivity index (χ4v) is 1.68. The molecule has 0 atom stereocenters. The van der Waals surface area contributed by atoms with Crippen molar-refractivity contribution in [3.05, 3.63) is 23.5 Å². The smallest absolute Gasteiger partial charge is 0.162 e. The zero-order chi connectivity index (χ0) is 10.7. The van der Waals surface area contributed by atoms with Gasteiger partial charge in [-0.25, -0.2) is 0 Å². The van der Waals surface area contributed by atoms with Gasteiger partial charge in [0.2, 0.25) is 0 Å². The molecule has 0 aliphatic carbocycles. The van der Waals surface area contributed by atoms with Crippen LogP contribution >= 0.6 is 11.6 Å². The van der Waals surface area contributed by atoms with E-state index in [0.717, 1.165) is 30.6 Å². The second-order valence-corrected chi connectivity index (χ2v) is 3.69. The summed E-state index contributed by atoms with van der Waals surface area (Å²) in [5.41, 5.74) is 0.871. The third kappa shape index (κ3) is 2.27. The topological polar surface area (TPSA) is 39.9 Å². The molecule has 0 aromatic carbocycles. The first-order valence-electron chi connectivity index (χ1n) is 4.78. The molecule has 0 radical (unpaired) electrons. The molecule has 0 amide bonds. The Bertz CT molecular complexity index is 455. The standard InChI is InChI=1S/C10H12ClN3O/c1-15-6-2-4-14-5-3-8-7-9(11)12-13-10(8)14/h3,5,7H,2,4,6H2,1H3. The quantitative estimate of drug-likeness (QED) is 0.749. The molecule has 2 aromatic heterocycles. The van der Waals surface area contributed by atoms with Crippen molar-refractivity contribution in [2.45, 2.75) is 13.0 Å². The molecule has 0 unspecified atom stereocenters. The van der Waals surface area contributed by atoms with E-state index in [4.69, 9.17) is 16.3 Å². The molecule has 2 aromatic rings. The third-order valence-corrected chi connectivity index (χ3v) is 2.41. The minimum atomic E-state index is 0.428. The van der Waals surface area contributed by atoms with Gasteiger partial charge in [-0.1, -0.05) is 11.6 Å². The number of hydrogen-bond acceptors (Lipinski definition) is 3. The molecule has 15 heavy (non-hydrogen) atoms. The molecule has 0 saturated heterocycles. The van der Waals surface area contributed by atoms with Crippen LogP contribution in [0.2, 0.25) is 5.15 Å². The molecule has 0 fully saturated rings. The highest BCUT2D eigenvalue weighted by Crippen LogP contribution is 2.15. The van der Waals surface area contributed by atoms with Crippen molar-refractivity contribution < 1.29 is 4.74 Å². The SMILES string of the molecule is COCCCn1ccc2cc(Cl)nnc21. The van der Waals surface area contributed by atoms with Gasteiger partial charge in [-0.15, -0.1) is 10.2 Å². The number of rotatable bonds is 4. The lowest BCUT2D eigenvalue weighted by molar-refractivity contribution is 0.190. The van der Waals surface area contributed by atoms with Gasteiger partial charge in [0.05, 0.1) is 0 Å². The Morgan fingerprint density at radius 2 is 2.33 bits per heavy atom. The zero-order valence-corrected chi connectivity index (χ0v) is 9.24. The van der Waals surface area contributed by atoms with Crippen LogP contribution in [0, 0.1) is 0 Å². The first-order valence-corrected chi connectivity index (χ1v) is 5.16. The van der Waals surface area contributed by atoms with Gasteiger partial charge in [0.25, 0.3) is 0 Å². The summed E-state index contributed by atoms with van der Waals surface area (Å²) in [6.07, 6.45) is 2.95. The van der Waals surface area contributed by atoms with Crippen LogP contribution in [0.1, 0.15) is 6.42 Å². The van der Waals surface area contributed by atoms with Crippen LogP contribution in [-0.4, -0.2) is 28.5 Å². The molecule has 0 N–H and O–H groups in total. The molecular weight excluding hydrogens is 214 g/mol. The number of fused-ring (bicyclic) bond motifs is 1. The van der Waals surface area contributed by atoms with Crippen LogP contribution in [0.25, 0.3) is 11.0 Å². The molecule has 0 bridgehead atoms. The van der Waals surface area contributed by atoms with Crippen molar-refractivity contribution in [2.24, 2.45) is 0 Å². The zero-order valence-electron chi connectivity index (χ0n) is 8.48. The minimum absolute atomic E-state index is 0.428. The van der Waals surface area contributed by atoms with E-state index in [1.54, 1.807) is 7.11 Å². The summed E-state index contributed by atoms with van der Waals surface area (Å²) in [4.78, 5) is 0. The summed E-state index contributed by atoms with van der Waals surface area (Å²) in [6, 6.07) is 3.80. The normalized spacial score (nSPS) is 11.1. The molecular formula is C10H12ClN3O. The Morgan fingerprint density at radius 3 is 3.13 bits per heavy atom. The highest BCUT2D eigenvalue weighted by atomic mass is 35.5. The molecule has 80 valence electrons. The maximum atomic E-state index is 5.75.